The zero-order chi connectivity index (χ0) is 17.2. The summed E-state index contributed by atoms with van der Waals surface area (Å²) < 4.78 is 30.2. The first-order valence-corrected chi connectivity index (χ1v) is 11.0. The molecule has 0 radical (unpaired) electrons. The molecule has 132 valence electrons. The summed E-state index contributed by atoms with van der Waals surface area (Å²) in [6, 6.07) is 7.29. The maximum atomic E-state index is 12.8. The molecule has 1 saturated heterocycles. The van der Waals surface area contributed by atoms with Crippen molar-refractivity contribution in [1.29, 1.82) is 0 Å². The maximum Gasteiger partial charge on any atom is 0.261 e. The van der Waals surface area contributed by atoms with Crippen LogP contribution in [0.25, 0.3) is 0 Å². The van der Waals surface area contributed by atoms with Gasteiger partial charge in [-0.05, 0) is 43.5 Å². The van der Waals surface area contributed by atoms with Crippen molar-refractivity contribution in [2.75, 3.05) is 18.1 Å². The Bertz CT molecular complexity index is 683. The average molecular weight is 416 g/mol. The van der Waals surface area contributed by atoms with Gasteiger partial charge in [0.25, 0.3) is 5.91 Å². The molecule has 5 nitrogen and oxygen atoms in total. The molecule has 0 spiro atoms. The van der Waals surface area contributed by atoms with Crippen LogP contribution in [0, 0.1) is 0 Å². The van der Waals surface area contributed by atoms with Crippen LogP contribution in [0.4, 0.5) is 0 Å². The Kier molecular flexibility index (Phi) is 5.49. The van der Waals surface area contributed by atoms with Gasteiger partial charge in [0.1, 0.15) is 5.75 Å². The standard InChI is InChI=1S/C17H22BrNO4S/c18-13-5-7-16(8-6-13)23-11-17(20)19(14-3-1-2-4-14)15-9-10-24(21,22)12-15/h5-8,14-15H,1-4,9-12H2. The third-order valence-corrected chi connectivity index (χ3v) is 7.06. The summed E-state index contributed by atoms with van der Waals surface area (Å²) in [6.07, 6.45) is 4.66. The van der Waals surface area contributed by atoms with E-state index < -0.39 is 9.84 Å². The molecule has 1 aliphatic heterocycles. The first-order valence-electron chi connectivity index (χ1n) is 8.34. The van der Waals surface area contributed by atoms with Gasteiger partial charge in [0, 0.05) is 16.6 Å². The lowest BCUT2D eigenvalue weighted by molar-refractivity contribution is -0.137. The van der Waals surface area contributed by atoms with Crippen LogP contribution in [-0.4, -0.2) is 49.4 Å². The molecule has 1 aromatic carbocycles. The fourth-order valence-electron chi connectivity index (χ4n) is 3.63. The molecule has 1 amide bonds. The number of nitrogens with zero attached hydrogens (tertiary/aromatic N) is 1. The summed E-state index contributed by atoms with van der Waals surface area (Å²) in [7, 11) is -3.02. The summed E-state index contributed by atoms with van der Waals surface area (Å²) in [4.78, 5) is 14.6. The number of hydrogen-bond donors (Lipinski definition) is 0. The van der Waals surface area contributed by atoms with Gasteiger partial charge in [0.05, 0.1) is 11.5 Å². The average Bonchev–Trinajstić information content (AvgIpc) is 3.17. The summed E-state index contributed by atoms with van der Waals surface area (Å²) in [5, 5.41) is 0. The lowest BCUT2D eigenvalue weighted by Gasteiger charge is -2.34. The Morgan fingerprint density at radius 1 is 1.12 bits per heavy atom. The van der Waals surface area contributed by atoms with Gasteiger partial charge in [-0.15, -0.1) is 0 Å². The van der Waals surface area contributed by atoms with Gasteiger partial charge in [-0.3, -0.25) is 4.79 Å². The topological polar surface area (TPSA) is 63.7 Å². The third kappa shape index (κ3) is 4.30. The van der Waals surface area contributed by atoms with Crippen LogP contribution in [-0.2, 0) is 14.6 Å². The minimum atomic E-state index is -3.02. The monoisotopic (exact) mass is 415 g/mol. The molecule has 1 heterocycles. The fourth-order valence-corrected chi connectivity index (χ4v) is 5.61. The molecule has 1 aromatic rings. The van der Waals surface area contributed by atoms with Crippen molar-refractivity contribution < 1.29 is 17.9 Å². The van der Waals surface area contributed by atoms with Crippen LogP contribution in [0.1, 0.15) is 32.1 Å². The highest BCUT2D eigenvalue weighted by molar-refractivity contribution is 9.10. The van der Waals surface area contributed by atoms with Crippen LogP contribution in [0.5, 0.6) is 5.75 Å². The van der Waals surface area contributed by atoms with Crippen molar-refractivity contribution >= 4 is 31.7 Å². The summed E-state index contributed by atoms with van der Waals surface area (Å²) in [5.74, 6) is 0.804. The van der Waals surface area contributed by atoms with E-state index in [0.717, 1.165) is 30.2 Å². The van der Waals surface area contributed by atoms with Gasteiger partial charge in [-0.2, -0.15) is 0 Å². The molecule has 0 bridgehead atoms. The van der Waals surface area contributed by atoms with Gasteiger partial charge >= 0.3 is 0 Å². The second kappa shape index (κ2) is 7.44. The smallest absolute Gasteiger partial charge is 0.261 e. The van der Waals surface area contributed by atoms with Crippen LogP contribution < -0.4 is 4.74 Å². The number of rotatable bonds is 5. The number of amides is 1. The maximum absolute atomic E-state index is 12.8. The lowest BCUT2D eigenvalue weighted by atomic mass is 10.1. The number of benzene rings is 1. The van der Waals surface area contributed by atoms with Crippen LogP contribution >= 0.6 is 15.9 Å². The van der Waals surface area contributed by atoms with Crippen molar-refractivity contribution in [1.82, 2.24) is 4.90 Å². The van der Waals surface area contributed by atoms with E-state index in [1.165, 1.54) is 0 Å². The first kappa shape index (κ1) is 17.7. The largest absolute Gasteiger partial charge is 0.484 e. The van der Waals surface area contributed by atoms with E-state index in [1.807, 2.05) is 17.0 Å². The molecule has 2 aliphatic rings. The highest BCUT2D eigenvalue weighted by Crippen LogP contribution is 2.29. The van der Waals surface area contributed by atoms with E-state index in [9.17, 15) is 13.2 Å². The number of carbonyl (C=O) groups is 1. The third-order valence-electron chi connectivity index (χ3n) is 4.78. The molecule has 1 saturated carbocycles. The summed E-state index contributed by atoms with van der Waals surface area (Å²) >= 11 is 3.36. The molecular formula is C17H22BrNO4S. The van der Waals surface area contributed by atoms with Gasteiger partial charge in [0.2, 0.25) is 0 Å². The van der Waals surface area contributed by atoms with Crippen molar-refractivity contribution in [2.24, 2.45) is 0 Å². The Hall–Kier alpha value is -1.08. The molecule has 0 N–H and O–H groups in total. The Morgan fingerprint density at radius 2 is 1.79 bits per heavy atom. The number of sulfone groups is 1. The van der Waals surface area contributed by atoms with Crippen molar-refractivity contribution in [3.05, 3.63) is 28.7 Å². The van der Waals surface area contributed by atoms with Crippen molar-refractivity contribution in [3.8, 4) is 5.75 Å². The molecular weight excluding hydrogens is 394 g/mol. The van der Waals surface area contributed by atoms with E-state index in [2.05, 4.69) is 15.9 Å². The fraction of sp³-hybridized carbons (Fsp3) is 0.588. The molecule has 1 atom stereocenters. The zero-order valence-corrected chi connectivity index (χ0v) is 15.9. The molecule has 7 heteroatoms. The highest BCUT2D eigenvalue weighted by atomic mass is 79.9. The van der Waals surface area contributed by atoms with E-state index in [-0.39, 0.29) is 36.1 Å². The molecule has 0 aromatic heterocycles. The van der Waals surface area contributed by atoms with Gasteiger partial charge in [-0.25, -0.2) is 8.42 Å². The van der Waals surface area contributed by atoms with E-state index >= 15 is 0 Å². The number of ether oxygens (including phenoxy) is 1. The Morgan fingerprint density at radius 3 is 2.38 bits per heavy atom. The SMILES string of the molecule is O=C(COc1ccc(Br)cc1)N(C1CCCC1)C1CCS(=O)(=O)C1. The van der Waals surface area contributed by atoms with Crippen LogP contribution in [0.2, 0.25) is 0 Å². The minimum Gasteiger partial charge on any atom is -0.484 e. The summed E-state index contributed by atoms with van der Waals surface area (Å²) in [6.45, 7) is -0.0469. The van der Waals surface area contributed by atoms with E-state index in [0.29, 0.717) is 12.2 Å². The summed E-state index contributed by atoms with van der Waals surface area (Å²) in [5.41, 5.74) is 0. The molecule has 1 aliphatic carbocycles. The molecule has 2 fully saturated rings. The second-order valence-electron chi connectivity index (χ2n) is 6.54. The number of halogens is 1. The first-order chi connectivity index (χ1) is 11.4. The van der Waals surface area contributed by atoms with Crippen molar-refractivity contribution in [2.45, 2.75) is 44.2 Å². The normalized spacial score (nSPS) is 23.3. The van der Waals surface area contributed by atoms with Crippen LogP contribution in [0.15, 0.2) is 28.7 Å². The quantitative estimate of drug-likeness (QED) is 0.741. The zero-order valence-electron chi connectivity index (χ0n) is 13.5. The van der Waals surface area contributed by atoms with E-state index in [1.54, 1.807) is 12.1 Å². The van der Waals surface area contributed by atoms with Gasteiger partial charge in [-0.1, -0.05) is 28.8 Å². The number of hydrogen-bond acceptors (Lipinski definition) is 4. The Balaban J connectivity index is 1.67. The second-order valence-corrected chi connectivity index (χ2v) is 9.68. The highest BCUT2D eigenvalue weighted by Gasteiger charge is 2.39. The van der Waals surface area contributed by atoms with Gasteiger partial charge < -0.3 is 9.64 Å². The lowest BCUT2D eigenvalue weighted by Crippen LogP contribution is -2.48. The number of carbonyl (C=O) groups excluding carboxylic acids is 1. The molecule has 3 rings (SSSR count). The van der Waals surface area contributed by atoms with E-state index in [4.69, 9.17) is 4.74 Å². The predicted octanol–water partition coefficient (Wildman–Crippen LogP) is 2.79. The molecule has 24 heavy (non-hydrogen) atoms. The minimum absolute atomic E-state index is 0.0469. The van der Waals surface area contributed by atoms with Gasteiger partial charge in [0.15, 0.2) is 16.4 Å². The molecule has 1 unspecified atom stereocenters. The van der Waals surface area contributed by atoms with Crippen LogP contribution in [0.3, 0.4) is 0 Å². The Labute approximate surface area is 151 Å². The van der Waals surface area contributed by atoms with Crippen molar-refractivity contribution in [3.63, 3.8) is 0 Å². The predicted molar refractivity (Wildman–Crippen MR) is 95.8 cm³/mol.